The summed E-state index contributed by atoms with van der Waals surface area (Å²) in [6, 6.07) is 12.4. The van der Waals surface area contributed by atoms with Gasteiger partial charge in [0.15, 0.2) is 0 Å². The van der Waals surface area contributed by atoms with Crippen molar-refractivity contribution in [2.75, 3.05) is 26.2 Å². The molecule has 4 rings (SSSR count). The van der Waals surface area contributed by atoms with Gasteiger partial charge in [-0.25, -0.2) is 8.42 Å². The molecular weight excluding hydrogens is 334 g/mol. The third-order valence-corrected chi connectivity index (χ3v) is 7.21. The minimum Gasteiger partial charge on any atom is -0.294 e. The van der Waals surface area contributed by atoms with Crippen LogP contribution in [0, 0.1) is 0 Å². The summed E-state index contributed by atoms with van der Waals surface area (Å²) in [4.78, 5) is 6.68. The number of sulfonamides is 1. The summed E-state index contributed by atoms with van der Waals surface area (Å²) in [5.41, 5.74) is 2.88. The molecule has 0 saturated carbocycles. The highest BCUT2D eigenvalue weighted by Crippen LogP contribution is 2.35. The summed E-state index contributed by atoms with van der Waals surface area (Å²) in [7, 11) is -3.43. The van der Waals surface area contributed by atoms with E-state index >= 15 is 0 Å². The molecule has 2 heterocycles. The SMILES string of the molecule is O=S(=O)(c1cccnc1)N1CCN([C@H]2CCCc3ccccc32)CC1. The summed E-state index contributed by atoms with van der Waals surface area (Å²) < 4.78 is 27.1. The molecule has 0 bridgehead atoms. The van der Waals surface area contributed by atoms with E-state index in [-0.39, 0.29) is 4.90 Å². The number of aryl methyl sites for hydroxylation is 1. The van der Waals surface area contributed by atoms with E-state index in [1.165, 1.54) is 23.7 Å². The highest BCUT2D eigenvalue weighted by molar-refractivity contribution is 7.89. The van der Waals surface area contributed by atoms with Gasteiger partial charge in [0.25, 0.3) is 0 Å². The van der Waals surface area contributed by atoms with Crippen LogP contribution in [-0.2, 0) is 16.4 Å². The molecule has 0 N–H and O–H groups in total. The first-order valence-electron chi connectivity index (χ1n) is 8.88. The first kappa shape index (κ1) is 16.7. The molecule has 1 aromatic carbocycles. The molecular formula is C19H23N3O2S. The van der Waals surface area contributed by atoms with Crippen LogP contribution in [0.2, 0.25) is 0 Å². The Hall–Kier alpha value is -1.76. The lowest BCUT2D eigenvalue weighted by atomic mass is 9.86. The number of nitrogens with zero attached hydrogens (tertiary/aromatic N) is 3. The zero-order valence-electron chi connectivity index (χ0n) is 14.2. The maximum Gasteiger partial charge on any atom is 0.244 e. The van der Waals surface area contributed by atoms with E-state index in [4.69, 9.17) is 0 Å². The lowest BCUT2D eigenvalue weighted by Gasteiger charge is -2.41. The Labute approximate surface area is 149 Å². The minimum absolute atomic E-state index is 0.284. The van der Waals surface area contributed by atoms with Gasteiger partial charge in [-0.15, -0.1) is 0 Å². The number of pyridine rings is 1. The molecule has 132 valence electrons. The Morgan fingerprint density at radius 2 is 1.80 bits per heavy atom. The average molecular weight is 357 g/mol. The van der Waals surface area contributed by atoms with Crippen molar-refractivity contribution in [2.24, 2.45) is 0 Å². The molecule has 1 aliphatic carbocycles. The zero-order chi connectivity index (χ0) is 17.3. The molecule has 1 aromatic heterocycles. The van der Waals surface area contributed by atoms with Gasteiger partial charge in [-0.1, -0.05) is 24.3 Å². The first-order chi connectivity index (χ1) is 12.2. The summed E-state index contributed by atoms with van der Waals surface area (Å²) in [6.45, 7) is 2.63. The monoisotopic (exact) mass is 357 g/mol. The fourth-order valence-electron chi connectivity index (χ4n) is 4.01. The third kappa shape index (κ3) is 3.21. The van der Waals surface area contributed by atoms with Crippen LogP contribution in [0.1, 0.15) is 30.0 Å². The number of aromatic nitrogens is 1. The number of rotatable bonds is 3. The topological polar surface area (TPSA) is 53.5 Å². The zero-order valence-corrected chi connectivity index (χ0v) is 15.0. The van der Waals surface area contributed by atoms with Crippen LogP contribution < -0.4 is 0 Å². The predicted octanol–water partition coefficient (Wildman–Crippen LogP) is 2.47. The van der Waals surface area contributed by atoms with Gasteiger partial charge < -0.3 is 0 Å². The highest BCUT2D eigenvalue weighted by atomic mass is 32.2. The van der Waals surface area contributed by atoms with Gasteiger partial charge in [0.2, 0.25) is 10.0 Å². The van der Waals surface area contributed by atoms with Gasteiger partial charge in [0.05, 0.1) is 0 Å². The quantitative estimate of drug-likeness (QED) is 0.847. The molecule has 1 fully saturated rings. The molecule has 2 aromatic rings. The van der Waals surface area contributed by atoms with Crippen molar-refractivity contribution in [3.8, 4) is 0 Å². The second-order valence-corrected chi connectivity index (χ2v) is 8.67. The van der Waals surface area contributed by atoms with Crippen LogP contribution in [0.15, 0.2) is 53.7 Å². The van der Waals surface area contributed by atoms with Crippen molar-refractivity contribution < 1.29 is 8.42 Å². The summed E-state index contributed by atoms with van der Waals surface area (Å²) in [5.74, 6) is 0. The van der Waals surface area contributed by atoms with Crippen molar-refractivity contribution >= 4 is 10.0 Å². The van der Waals surface area contributed by atoms with Crippen molar-refractivity contribution in [2.45, 2.75) is 30.2 Å². The summed E-state index contributed by atoms with van der Waals surface area (Å²) >= 11 is 0. The molecule has 0 spiro atoms. The van der Waals surface area contributed by atoms with E-state index in [9.17, 15) is 8.42 Å². The van der Waals surface area contributed by atoms with E-state index in [0.29, 0.717) is 19.1 Å². The molecule has 25 heavy (non-hydrogen) atoms. The number of hydrogen-bond donors (Lipinski definition) is 0. The van der Waals surface area contributed by atoms with Gasteiger partial charge in [0, 0.05) is 44.6 Å². The largest absolute Gasteiger partial charge is 0.294 e. The van der Waals surface area contributed by atoms with E-state index in [1.54, 1.807) is 22.6 Å². The van der Waals surface area contributed by atoms with E-state index in [2.05, 4.69) is 34.1 Å². The van der Waals surface area contributed by atoms with Gasteiger partial charge in [-0.2, -0.15) is 4.31 Å². The number of benzene rings is 1. The van der Waals surface area contributed by atoms with Crippen LogP contribution in [0.5, 0.6) is 0 Å². The Bertz CT molecular complexity index is 831. The van der Waals surface area contributed by atoms with Gasteiger partial charge in [0.1, 0.15) is 4.90 Å². The Morgan fingerprint density at radius 1 is 1.00 bits per heavy atom. The second-order valence-electron chi connectivity index (χ2n) is 6.74. The molecule has 0 unspecified atom stereocenters. The van der Waals surface area contributed by atoms with Crippen LogP contribution in [0.4, 0.5) is 0 Å². The second kappa shape index (κ2) is 6.86. The fourth-order valence-corrected chi connectivity index (χ4v) is 5.40. The summed E-state index contributed by atoms with van der Waals surface area (Å²) in [6.07, 6.45) is 6.54. The first-order valence-corrected chi connectivity index (χ1v) is 10.3. The fraction of sp³-hybridized carbons (Fsp3) is 0.421. The van der Waals surface area contributed by atoms with E-state index in [1.807, 2.05) is 0 Å². The average Bonchev–Trinajstić information content (AvgIpc) is 2.68. The summed E-state index contributed by atoms with van der Waals surface area (Å²) in [5, 5.41) is 0. The Morgan fingerprint density at radius 3 is 2.56 bits per heavy atom. The lowest BCUT2D eigenvalue weighted by Crippen LogP contribution is -2.50. The predicted molar refractivity (Wildman–Crippen MR) is 96.7 cm³/mol. The van der Waals surface area contributed by atoms with E-state index in [0.717, 1.165) is 25.9 Å². The Kier molecular flexibility index (Phi) is 4.58. The van der Waals surface area contributed by atoms with Crippen LogP contribution in [0.25, 0.3) is 0 Å². The van der Waals surface area contributed by atoms with Crippen LogP contribution >= 0.6 is 0 Å². The molecule has 0 amide bonds. The number of hydrogen-bond acceptors (Lipinski definition) is 4. The molecule has 6 heteroatoms. The van der Waals surface area contributed by atoms with Gasteiger partial charge >= 0.3 is 0 Å². The molecule has 5 nitrogen and oxygen atoms in total. The van der Waals surface area contributed by atoms with Gasteiger partial charge in [-0.3, -0.25) is 9.88 Å². The molecule has 1 atom stereocenters. The standard InChI is InChI=1S/C19H23N3O2S/c23-25(24,17-7-4-10-20-15-17)22-13-11-21(12-14-22)19-9-3-6-16-5-1-2-8-18(16)19/h1-2,4-5,7-8,10,15,19H,3,6,9,11-14H2/t19-/m0/s1. The van der Waals surface area contributed by atoms with E-state index < -0.39 is 10.0 Å². The van der Waals surface area contributed by atoms with Gasteiger partial charge in [-0.05, 0) is 42.5 Å². The highest BCUT2D eigenvalue weighted by Gasteiger charge is 2.33. The van der Waals surface area contributed by atoms with Crippen molar-refractivity contribution in [3.05, 3.63) is 59.9 Å². The minimum atomic E-state index is -3.43. The van der Waals surface area contributed by atoms with Crippen LogP contribution in [-0.4, -0.2) is 48.8 Å². The molecule has 0 radical (unpaired) electrons. The third-order valence-electron chi connectivity index (χ3n) is 5.32. The maximum absolute atomic E-state index is 12.7. The number of fused-ring (bicyclic) bond motifs is 1. The smallest absolute Gasteiger partial charge is 0.244 e. The Balaban J connectivity index is 1.48. The molecule has 1 aliphatic heterocycles. The van der Waals surface area contributed by atoms with Crippen molar-refractivity contribution in [1.29, 1.82) is 0 Å². The van der Waals surface area contributed by atoms with Crippen LogP contribution in [0.3, 0.4) is 0 Å². The maximum atomic E-state index is 12.7. The van der Waals surface area contributed by atoms with Crippen molar-refractivity contribution in [3.63, 3.8) is 0 Å². The van der Waals surface area contributed by atoms with Crippen molar-refractivity contribution in [1.82, 2.24) is 14.2 Å². The molecule has 1 saturated heterocycles. The number of piperazine rings is 1. The lowest BCUT2D eigenvalue weighted by molar-refractivity contribution is 0.125. The molecule has 2 aliphatic rings. The normalized spacial score (nSPS) is 22.5.